The highest BCUT2D eigenvalue weighted by Gasteiger charge is 2.53. The maximum atomic E-state index is 13.4. The fourth-order valence-corrected chi connectivity index (χ4v) is 7.14. The van der Waals surface area contributed by atoms with Crippen molar-refractivity contribution in [2.24, 2.45) is 10.8 Å². The SMILES string of the molecule is CC1(C)CC2CC(C)(CN2S(=O)(=O)c2cccc(C(=O)OCC(=O)NC3CC3)c2)C1. The highest BCUT2D eigenvalue weighted by atomic mass is 32.2. The number of amides is 1. The summed E-state index contributed by atoms with van der Waals surface area (Å²) in [4.78, 5) is 24.2. The quantitative estimate of drug-likeness (QED) is 0.695. The number of nitrogens with zero attached hydrogens (tertiary/aromatic N) is 1. The highest BCUT2D eigenvalue weighted by molar-refractivity contribution is 7.89. The molecule has 2 aliphatic carbocycles. The standard InChI is InChI=1S/C22H30N2O5S/c1-21(2)10-17-11-22(3,13-21)14-24(17)30(27,28)18-6-4-5-15(9-18)20(26)29-12-19(25)23-16-7-8-16/h4-6,9,16-17H,7-8,10-14H2,1-3H3,(H,23,25). The van der Waals surface area contributed by atoms with Crippen LogP contribution in [0.5, 0.6) is 0 Å². The third-order valence-corrected chi connectivity index (χ3v) is 8.21. The molecule has 3 aliphatic rings. The Morgan fingerprint density at radius 3 is 2.63 bits per heavy atom. The lowest BCUT2D eigenvalue weighted by atomic mass is 9.65. The number of esters is 1. The summed E-state index contributed by atoms with van der Waals surface area (Å²) >= 11 is 0. The van der Waals surface area contributed by atoms with Gasteiger partial charge in [0.1, 0.15) is 0 Å². The molecule has 1 saturated heterocycles. The van der Waals surface area contributed by atoms with Gasteiger partial charge in [0, 0.05) is 18.6 Å². The van der Waals surface area contributed by atoms with Crippen LogP contribution in [0, 0.1) is 10.8 Å². The van der Waals surface area contributed by atoms with E-state index in [0.29, 0.717) is 6.54 Å². The van der Waals surface area contributed by atoms with Gasteiger partial charge in [0.15, 0.2) is 6.61 Å². The van der Waals surface area contributed by atoms with E-state index in [-0.39, 0.29) is 45.9 Å². The predicted octanol–water partition coefficient (Wildman–Crippen LogP) is 2.71. The summed E-state index contributed by atoms with van der Waals surface area (Å²) in [5.74, 6) is -1.04. The Kier molecular flexibility index (Phi) is 5.21. The first kappa shape index (κ1) is 21.3. The molecule has 2 saturated carbocycles. The molecule has 1 aromatic carbocycles. The van der Waals surface area contributed by atoms with Crippen LogP contribution < -0.4 is 5.32 Å². The lowest BCUT2D eigenvalue weighted by molar-refractivity contribution is -0.124. The van der Waals surface area contributed by atoms with Gasteiger partial charge in [0.05, 0.1) is 10.5 Å². The van der Waals surface area contributed by atoms with Crippen LogP contribution in [-0.4, -0.2) is 49.8 Å². The van der Waals surface area contributed by atoms with Crippen LogP contribution in [0.3, 0.4) is 0 Å². The van der Waals surface area contributed by atoms with E-state index in [1.807, 2.05) is 0 Å². The van der Waals surface area contributed by atoms with Gasteiger partial charge in [-0.15, -0.1) is 0 Å². The van der Waals surface area contributed by atoms with E-state index in [1.54, 1.807) is 10.4 Å². The van der Waals surface area contributed by atoms with Gasteiger partial charge in [-0.3, -0.25) is 4.79 Å². The van der Waals surface area contributed by atoms with Crippen molar-refractivity contribution < 1.29 is 22.7 Å². The number of fused-ring (bicyclic) bond motifs is 2. The average Bonchev–Trinajstić information content (AvgIpc) is 3.42. The molecule has 1 aromatic rings. The van der Waals surface area contributed by atoms with E-state index in [2.05, 4.69) is 26.1 Å². The van der Waals surface area contributed by atoms with E-state index in [4.69, 9.17) is 4.74 Å². The van der Waals surface area contributed by atoms with Crippen LogP contribution in [0.15, 0.2) is 29.2 Å². The molecule has 2 bridgehead atoms. The monoisotopic (exact) mass is 434 g/mol. The largest absolute Gasteiger partial charge is 0.452 e. The van der Waals surface area contributed by atoms with Crippen molar-refractivity contribution in [3.63, 3.8) is 0 Å². The van der Waals surface area contributed by atoms with E-state index in [9.17, 15) is 18.0 Å². The van der Waals surface area contributed by atoms with Gasteiger partial charge in [-0.2, -0.15) is 4.31 Å². The Hall–Kier alpha value is -1.93. The zero-order valence-electron chi connectivity index (χ0n) is 17.8. The van der Waals surface area contributed by atoms with Gasteiger partial charge in [0.25, 0.3) is 5.91 Å². The molecule has 7 nitrogen and oxygen atoms in total. The van der Waals surface area contributed by atoms with E-state index < -0.39 is 16.0 Å². The van der Waals surface area contributed by atoms with Crippen molar-refractivity contribution >= 4 is 21.9 Å². The highest BCUT2D eigenvalue weighted by Crippen LogP contribution is 2.53. The number of carbonyl (C=O) groups excluding carboxylic acids is 2. The normalized spacial score (nSPS) is 28.2. The van der Waals surface area contributed by atoms with E-state index in [1.165, 1.54) is 18.2 Å². The predicted molar refractivity (Wildman–Crippen MR) is 111 cm³/mol. The number of hydrogen-bond donors (Lipinski definition) is 1. The van der Waals surface area contributed by atoms with Crippen LogP contribution in [0.2, 0.25) is 0 Å². The Labute approximate surface area is 178 Å². The zero-order valence-corrected chi connectivity index (χ0v) is 18.6. The Morgan fingerprint density at radius 1 is 1.20 bits per heavy atom. The van der Waals surface area contributed by atoms with Crippen molar-refractivity contribution in [3.8, 4) is 0 Å². The van der Waals surface area contributed by atoms with E-state index >= 15 is 0 Å². The minimum atomic E-state index is -3.73. The topological polar surface area (TPSA) is 92.8 Å². The molecule has 30 heavy (non-hydrogen) atoms. The molecule has 2 unspecified atom stereocenters. The van der Waals surface area contributed by atoms with Crippen LogP contribution in [0.1, 0.15) is 63.2 Å². The third-order valence-electron chi connectivity index (χ3n) is 6.32. The summed E-state index contributed by atoms with van der Waals surface area (Å²) in [6, 6.07) is 6.09. The van der Waals surface area contributed by atoms with Gasteiger partial charge in [0.2, 0.25) is 10.0 Å². The first-order chi connectivity index (χ1) is 14.0. The molecule has 1 heterocycles. The molecular weight excluding hydrogens is 404 g/mol. The number of rotatable bonds is 6. The smallest absolute Gasteiger partial charge is 0.338 e. The molecule has 8 heteroatoms. The van der Waals surface area contributed by atoms with Crippen molar-refractivity contribution in [2.45, 2.75) is 69.9 Å². The second-order valence-electron chi connectivity index (χ2n) is 10.2. The molecule has 3 fully saturated rings. The summed E-state index contributed by atoms with van der Waals surface area (Å²) in [5.41, 5.74) is 0.212. The molecule has 0 aromatic heterocycles. The summed E-state index contributed by atoms with van der Waals surface area (Å²) in [7, 11) is -3.73. The van der Waals surface area contributed by atoms with Crippen molar-refractivity contribution in [3.05, 3.63) is 29.8 Å². The van der Waals surface area contributed by atoms with Crippen LogP contribution in [0.25, 0.3) is 0 Å². The van der Waals surface area contributed by atoms with Gasteiger partial charge in [-0.1, -0.05) is 26.8 Å². The fourth-order valence-electron chi connectivity index (χ4n) is 5.32. The van der Waals surface area contributed by atoms with Gasteiger partial charge in [-0.25, -0.2) is 13.2 Å². The fraction of sp³-hybridized carbons (Fsp3) is 0.636. The number of sulfonamides is 1. The third kappa shape index (κ3) is 4.39. The Bertz CT molecular complexity index is 969. The number of ether oxygens (including phenoxy) is 1. The Balaban J connectivity index is 1.48. The number of hydrogen-bond acceptors (Lipinski definition) is 5. The van der Waals surface area contributed by atoms with Crippen LogP contribution in [-0.2, 0) is 19.6 Å². The molecule has 0 radical (unpaired) electrons. The maximum Gasteiger partial charge on any atom is 0.338 e. The number of nitrogens with one attached hydrogen (secondary N) is 1. The summed E-state index contributed by atoms with van der Waals surface area (Å²) < 4.78 is 33.5. The molecule has 4 rings (SSSR count). The minimum absolute atomic E-state index is 0.0227. The zero-order chi connectivity index (χ0) is 21.7. The first-order valence-electron chi connectivity index (χ1n) is 10.6. The second-order valence-corrected chi connectivity index (χ2v) is 12.1. The van der Waals surface area contributed by atoms with Crippen molar-refractivity contribution in [2.75, 3.05) is 13.2 Å². The van der Waals surface area contributed by atoms with Crippen LogP contribution >= 0.6 is 0 Å². The van der Waals surface area contributed by atoms with Crippen LogP contribution in [0.4, 0.5) is 0 Å². The number of carbonyl (C=O) groups is 2. The Morgan fingerprint density at radius 2 is 1.93 bits per heavy atom. The van der Waals surface area contributed by atoms with Crippen molar-refractivity contribution in [1.82, 2.24) is 9.62 Å². The minimum Gasteiger partial charge on any atom is -0.452 e. The first-order valence-corrected chi connectivity index (χ1v) is 12.0. The molecule has 164 valence electrons. The molecule has 1 aliphatic heterocycles. The molecule has 0 spiro atoms. The summed E-state index contributed by atoms with van der Waals surface area (Å²) in [6.45, 7) is 6.69. The second kappa shape index (κ2) is 7.34. The van der Waals surface area contributed by atoms with Gasteiger partial charge < -0.3 is 10.1 Å². The van der Waals surface area contributed by atoms with Gasteiger partial charge >= 0.3 is 5.97 Å². The molecule has 1 N–H and O–H groups in total. The van der Waals surface area contributed by atoms with E-state index in [0.717, 1.165) is 32.1 Å². The lowest BCUT2D eigenvalue weighted by Crippen LogP contribution is -2.37. The maximum absolute atomic E-state index is 13.4. The molecule has 1 amide bonds. The lowest BCUT2D eigenvalue weighted by Gasteiger charge is -2.39. The summed E-state index contributed by atoms with van der Waals surface area (Å²) in [6.07, 6.45) is 4.60. The summed E-state index contributed by atoms with van der Waals surface area (Å²) in [5, 5.41) is 2.75. The average molecular weight is 435 g/mol. The number of benzene rings is 1. The molecule has 2 atom stereocenters. The van der Waals surface area contributed by atoms with Crippen molar-refractivity contribution in [1.29, 1.82) is 0 Å². The van der Waals surface area contributed by atoms with Gasteiger partial charge in [-0.05, 0) is 61.1 Å². The molecular formula is C22H30N2O5S.